The van der Waals surface area contributed by atoms with Gasteiger partial charge in [-0.1, -0.05) is 38.1 Å². The predicted octanol–water partition coefficient (Wildman–Crippen LogP) is 1.50. The Morgan fingerprint density at radius 1 is 1.30 bits per heavy atom. The van der Waals surface area contributed by atoms with Crippen LogP contribution in [0.5, 0.6) is 0 Å². The van der Waals surface area contributed by atoms with Crippen molar-refractivity contribution in [2.24, 2.45) is 0 Å². The van der Waals surface area contributed by atoms with Crippen LogP contribution in [0.15, 0.2) is 24.3 Å². The van der Waals surface area contributed by atoms with Gasteiger partial charge in [0, 0.05) is 18.2 Å². The van der Waals surface area contributed by atoms with Crippen LogP contribution >= 0.6 is 0 Å². The highest BCUT2D eigenvalue weighted by atomic mass is 32.2. The molecule has 0 aliphatic carbocycles. The number of carbonyl (C=O) groups is 1. The highest BCUT2D eigenvalue weighted by molar-refractivity contribution is 7.91. The van der Waals surface area contributed by atoms with E-state index in [1.807, 2.05) is 31.2 Å². The minimum absolute atomic E-state index is 0.0326. The quantitative estimate of drug-likeness (QED) is 0.740. The van der Waals surface area contributed by atoms with Crippen molar-refractivity contribution in [2.45, 2.75) is 45.7 Å². The number of likely N-dealkylation sites (N-methyl/N-ethyl adjacent to an activating group) is 1. The summed E-state index contributed by atoms with van der Waals surface area (Å²) in [5.41, 5.74) is 2.07. The third-order valence-electron chi connectivity index (χ3n) is 4.88. The van der Waals surface area contributed by atoms with Crippen molar-refractivity contribution in [1.82, 2.24) is 25.1 Å². The Balaban J connectivity index is 1.68. The van der Waals surface area contributed by atoms with E-state index in [0.29, 0.717) is 24.7 Å². The predicted molar refractivity (Wildman–Crippen MR) is 102 cm³/mol. The molecule has 0 saturated carbocycles. The Hall–Kier alpha value is -2.29. The number of hydrogen-bond acceptors (Lipinski definition) is 6. The fourth-order valence-corrected chi connectivity index (χ4v) is 5.04. The first kappa shape index (κ1) is 19.5. The molecule has 3 rings (SSSR count). The van der Waals surface area contributed by atoms with Crippen molar-refractivity contribution in [2.75, 3.05) is 18.1 Å². The second-order valence-electron chi connectivity index (χ2n) is 7.16. The summed E-state index contributed by atoms with van der Waals surface area (Å²) in [7, 11) is -3.04. The van der Waals surface area contributed by atoms with E-state index in [0.717, 1.165) is 5.56 Å². The summed E-state index contributed by atoms with van der Waals surface area (Å²) in [6.07, 6.45) is 0.486. The molecule has 1 aliphatic heterocycles. The summed E-state index contributed by atoms with van der Waals surface area (Å²) in [4.78, 5) is 15.5. The summed E-state index contributed by atoms with van der Waals surface area (Å²) >= 11 is 0. The third kappa shape index (κ3) is 4.52. The minimum Gasteiger partial charge on any atom is -0.337 e. The zero-order chi connectivity index (χ0) is 19.6. The number of amides is 1. The number of aromatic nitrogens is 4. The molecule has 1 saturated heterocycles. The molecule has 0 spiro atoms. The van der Waals surface area contributed by atoms with Crippen LogP contribution in [0.3, 0.4) is 0 Å². The molecule has 2 aromatic rings. The summed E-state index contributed by atoms with van der Waals surface area (Å²) in [5.74, 6) is 0.882. The van der Waals surface area contributed by atoms with Gasteiger partial charge < -0.3 is 4.90 Å². The average molecular weight is 391 g/mol. The maximum Gasteiger partial charge on any atom is 0.246 e. The van der Waals surface area contributed by atoms with Gasteiger partial charge in [-0.05, 0) is 30.0 Å². The standard InChI is InChI=1S/C18H25N5O3S/c1-4-22(16-9-10-27(25,26)12-16)17(24)11-23-20-18(19-21-23)15-7-5-14(6-8-15)13(2)3/h5-8,13,16H,4,9-12H2,1-3H3/t16-/m0/s1. The largest absolute Gasteiger partial charge is 0.337 e. The third-order valence-corrected chi connectivity index (χ3v) is 6.63. The number of tetrazole rings is 1. The van der Waals surface area contributed by atoms with E-state index >= 15 is 0 Å². The van der Waals surface area contributed by atoms with Crippen molar-refractivity contribution in [1.29, 1.82) is 0 Å². The van der Waals surface area contributed by atoms with E-state index < -0.39 is 9.84 Å². The lowest BCUT2D eigenvalue weighted by molar-refractivity contribution is -0.133. The molecule has 0 N–H and O–H groups in total. The van der Waals surface area contributed by atoms with Gasteiger partial charge in [-0.25, -0.2) is 8.42 Å². The fraction of sp³-hybridized carbons (Fsp3) is 0.556. The molecule has 27 heavy (non-hydrogen) atoms. The van der Waals surface area contributed by atoms with Crippen molar-refractivity contribution in [3.8, 4) is 11.4 Å². The fourth-order valence-electron chi connectivity index (χ4n) is 3.31. The second kappa shape index (κ2) is 7.75. The average Bonchev–Trinajstić information content (AvgIpc) is 3.22. The number of rotatable bonds is 6. The van der Waals surface area contributed by atoms with Gasteiger partial charge >= 0.3 is 0 Å². The summed E-state index contributed by atoms with van der Waals surface area (Å²) in [6, 6.07) is 7.69. The lowest BCUT2D eigenvalue weighted by atomic mass is 10.0. The molecule has 1 aromatic heterocycles. The first-order chi connectivity index (χ1) is 12.8. The van der Waals surface area contributed by atoms with Crippen LogP contribution in [-0.2, 0) is 21.2 Å². The zero-order valence-electron chi connectivity index (χ0n) is 15.9. The number of sulfone groups is 1. The van der Waals surface area contributed by atoms with Gasteiger partial charge in [0.15, 0.2) is 9.84 Å². The van der Waals surface area contributed by atoms with Gasteiger partial charge in [-0.3, -0.25) is 4.79 Å². The molecule has 0 bridgehead atoms. The van der Waals surface area contributed by atoms with Crippen LogP contribution in [0.25, 0.3) is 11.4 Å². The lowest BCUT2D eigenvalue weighted by Crippen LogP contribution is -2.42. The van der Waals surface area contributed by atoms with Crippen LogP contribution in [0.2, 0.25) is 0 Å². The van der Waals surface area contributed by atoms with E-state index in [2.05, 4.69) is 29.3 Å². The molecule has 1 aromatic carbocycles. The first-order valence-corrected chi connectivity index (χ1v) is 11.0. The molecule has 8 nitrogen and oxygen atoms in total. The summed E-state index contributed by atoms with van der Waals surface area (Å²) < 4.78 is 23.4. The Bertz CT molecular complexity index is 905. The van der Waals surface area contributed by atoms with Crippen molar-refractivity contribution < 1.29 is 13.2 Å². The van der Waals surface area contributed by atoms with Crippen molar-refractivity contribution >= 4 is 15.7 Å². The molecular formula is C18H25N5O3S. The van der Waals surface area contributed by atoms with Gasteiger partial charge in [-0.2, -0.15) is 4.80 Å². The maximum atomic E-state index is 12.6. The maximum absolute atomic E-state index is 12.6. The van der Waals surface area contributed by atoms with Crippen LogP contribution in [-0.4, -0.2) is 63.5 Å². The van der Waals surface area contributed by atoms with Crippen LogP contribution in [0.4, 0.5) is 0 Å². The summed E-state index contributed by atoms with van der Waals surface area (Å²) in [5, 5.41) is 12.3. The highest BCUT2D eigenvalue weighted by Crippen LogP contribution is 2.20. The lowest BCUT2D eigenvalue weighted by Gasteiger charge is -2.26. The van der Waals surface area contributed by atoms with Crippen LogP contribution < -0.4 is 0 Å². The van der Waals surface area contributed by atoms with Crippen molar-refractivity contribution in [3.63, 3.8) is 0 Å². The number of hydrogen-bond donors (Lipinski definition) is 0. The van der Waals surface area contributed by atoms with Gasteiger partial charge in [0.25, 0.3) is 0 Å². The van der Waals surface area contributed by atoms with Crippen LogP contribution in [0.1, 0.15) is 38.7 Å². The summed E-state index contributed by atoms with van der Waals surface area (Å²) in [6.45, 7) is 6.51. The number of carbonyl (C=O) groups excluding carboxylic acids is 1. The molecule has 1 amide bonds. The molecule has 1 fully saturated rings. The van der Waals surface area contributed by atoms with Gasteiger partial charge in [0.1, 0.15) is 6.54 Å². The highest BCUT2D eigenvalue weighted by Gasteiger charge is 2.34. The Labute approximate surface area is 159 Å². The smallest absolute Gasteiger partial charge is 0.246 e. The molecule has 146 valence electrons. The number of nitrogens with zero attached hydrogens (tertiary/aromatic N) is 5. The van der Waals surface area contributed by atoms with E-state index in [1.54, 1.807) is 4.90 Å². The van der Waals surface area contributed by atoms with Gasteiger partial charge in [0.05, 0.1) is 11.5 Å². The normalized spacial score (nSPS) is 18.7. The van der Waals surface area contributed by atoms with Crippen LogP contribution in [0, 0.1) is 0 Å². The first-order valence-electron chi connectivity index (χ1n) is 9.17. The SMILES string of the molecule is CCN(C(=O)Cn1nnc(-c2ccc(C(C)C)cc2)n1)[C@H]1CCS(=O)(=O)C1. The molecule has 1 atom stereocenters. The van der Waals surface area contributed by atoms with Gasteiger partial charge in [0.2, 0.25) is 11.7 Å². The molecule has 1 aliphatic rings. The molecule has 0 unspecified atom stereocenters. The van der Waals surface area contributed by atoms with E-state index in [9.17, 15) is 13.2 Å². The van der Waals surface area contributed by atoms with Gasteiger partial charge in [-0.15, -0.1) is 10.2 Å². The molecule has 0 radical (unpaired) electrons. The topological polar surface area (TPSA) is 98.1 Å². The number of benzene rings is 1. The zero-order valence-corrected chi connectivity index (χ0v) is 16.7. The Morgan fingerprint density at radius 3 is 2.56 bits per heavy atom. The monoisotopic (exact) mass is 391 g/mol. The van der Waals surface area contributed by atoms with E-state index in [4.69, 9.17) is 0 Å². The Morgan fingerprint density at radius 2 is 2.00 bits per heavy atom. The second-order valence-corrected chi connectivity index (χ2v) is 9.39. The van der Waals surface area contributed by atoms with E-state index in [1.165, 1.54) is 10.4 Å². The Kier molecular flexibility index (Phi) is 5.59. The molecular weight excluding hydrogens is 366 g/mol. The minimum atomic E-state index is -3.04. The molecule has 2 heterocycles. The van der Waals surface area contributed by atoms with Crippen molar-refractivity contribution in [3.05, 3.63) is 29.8 Å². The molecule has 9 heteroatoms. The van der Waals surface area contributed by atoms with E-state index in [-0.39, 0.29) is 30.0 Å².